The van der Waals surface area contributed by atoms with Crippen molar-refractivity contribution in [2.24, 2.45) is 46.8 Å². The number of rotatable bonds is 8. The number of fused-ring (bicyclic) bond motifs is 6. The number of methoxy groups -OCH3 is 1. The number of aliphatic hydroxyl groups is 3. The van der Waals surface area contributed by atoms with Crippen molar-refractivity contribution in [3.8, 4) is 0 Å². The third kappa shape index (κ3) is 7.08. The van der Waals surface area contributed by atoms with E-state index in [0.29, 0.717) is 35.3 Å². The Morgan fingerprint density at radius 3 is 2.75 bits per heavy atom. The lowest BCUT2D eigenvalue weighted by atomic mass is 9.65. The fourth-order valence-electron chi connectivity index (χ4n) is 13.3. The van der Waals surface area contributed by atoms with E-state index in [2.05, 4.69) is 66.0 Å². The van der Waals surface area contributed by atoms with Crippen molar-refractivity contribution in [2.75, 3.05) is 38.4 Å². The molecule has 1 aromatic carbocycles. The van der Waals surface area contributed by atoms with Crippen LogP contribution in [0.1, 0.15) is 102 Å². The van der Waals surface area contributed by atoms with Gasteiger partial charge in [-0.1, -0.05) is 84.2 Å². The monoisotopic (exact) mass is 817 g/mol. The largest absolute Gasteiger partial charge is 0.492 e. The van der Waals surface area contributed by atoms with Gasteiger partial charge < -0.3 is 29.5 Å². The Labute approximate surface area is 347 Å². The highest BCUT2D eigenvalue weighted by Crippen LogP contribution is 2.69. The molecule has 0 aromatic heterocycles. The van der Waals surface area contributed by atoms with E-state index in [4.69, 9.17) is 14.2 Å². The van der Waals surface area contributed by atoms with Gasteiger partial charge in [0.25, 0.3) is 0 Å². The third-order valence-corrected chi connectivity index (χ3v) is 18.1. The highest BCUT2D eigenvalue weighted by molar-refractivity contribution is 8.76. The number of nitrogens with zero attached hydrogens (tertiary/aromatic N) is 1. The van der Waals surface area contributed by atoms with Gasteiger partial charge >= 0.3 is 5.97 Å². The maximum atomic E-state index is 13.3. The Morgan fingerprint density at radius 1 is 1.07 bits per heavy atom. The molecular formula is C47H63NO7S2. The number of esters is 1. The van der Waals surface area contributed by atoms with Gasteiger partial charge in [0.1, 0.15) is 11.3 Å². The standard InChI is InChI=1S/C47H63NO7S2/c1-4-5-6-9-28-10-7-11-30(19-28)40-33-20-37-39-35(23-49)44(45-43(53-3)36(24-50)46(52)55-45)54-38(39)12-8-17-48(37)41-34(33)22-47(40)16-15-29(21-47)25-56-57-26-31-14-13-27(2)18-32(31)42(41)51/h7,10-12,14,19,27,29,32-35,37,39-42,49-51H,4-6,8-9,13,15-18,20-26H2,1-3H3. The van der Waals surface area contributed by atoms with Crippen LogP contribution < -0.4 is 0 Å². The summed E-state index contributed by atoms with van der Waals surface area (Å²) < 4.78 is 18.2. The van der Waals surface area contributed by atoms with Crippen LogP contribution in [0.15, 0.2) is 70.6 Å². The molecule has 9 rings (SSSR count). The van der Waals surface area contributed by atoms with Gasteiger partial charge in [0.15, 0.2) is 11.5 Å². The molecule has 0 radical (unpaired) electrons. The summed E-state index contributed by atoms with van der Waals surface area (Å²) in [6, 6.07) is 9.63. The molecule has 5 fully saturated rings. The predicted molar refractivity (Wildman–Crippen MR) is 226 cm³/mol. The summed E-state index contributed by atoms with van der Waals surface area (Å²) in [5, 5.41) is 34.7. The average Bonchev–Trinajstić information content (AvgIpc) is 3.94. The minimum Gasteiger partial charge on any atom is -0.492 e. The van der Waals surface area contributed by atoms with E-state index < -0.39 is 24.6 Å². The van der Waals surface area contributed by atoms with Crippen molar-refractivity contribution < 1.29 is 34.3 Å². The van der Waals surface area contributed by atoms with Crippen molar-refractivity contribution >= 4 is 27.6 Å². The van der Waals surface area contributed by atoms with E-state index in [0.717, 1.165) is 56.6 Å². The van der Waals surface area contributed by atoms with Crippen LogP contribution in [0.2, 0.25) is 0 Å². The minimum atomic E-state index is -0.648. The lowest BCUT2D eigenvalue weighted by Gasteiger charge is -2.54. The molecule has 1 aromatic rings. The summed E-state index contributed by atoms with van der Waals surface area (Å²) >= 11 is 0. The zero-order chi connectivity index (χ0) is 39.4. The molecule has 3 bridgehead atoms. The Balaban J connectivity index is 1.18. The first kappa shape index (κ1) is 40.2. The molecule has 8 aliphatic rings. The number of cyclic esters (lactones) is 1. The molecule has 0 amide bonds. The Kier molecular flexibility index (Phi) is 11.8. The van der Waals surface area contributed by atoms with Crippen LogP contribution in [-0.2, 0) is 25.4 Å². The molecule has 12 atom stereocenters. The van der Waals surface area contributed by atoms with Gasteiger partial charge in [0, 0.05) is 42.0 Å². The second-order valence-corrected chi connectivity index (χ2v) is 21.3. The van der Waals surface area contributed by atoms with Gasteiger partial charge in [-0.05, 0) is 116 Å². The SMILES string of the molecule is CCCCCc1cccc(C2C3CC4C5C(=CCCN4C4C(O)C6CC(C)CC=C6CSSCC6CCC2(C6)CC34)OC(=C2OC(=O)C(CO)=C2OC)C5CO)c1. The Bertz CT molecular complexity index is 1820. The summed E-state index contributed by atoms with van der Waals surface area (Å²) in [5.41, 5.74) is 4.63. The average molecular weight is 818 g/mol. The fraction of sp³-hybridized carbons (Fsp3) is 0.681. The van der Waals surface area contributed by atoms with Gasteiger partial charge in [0.2, 0.25) is 5.76 Å². The van der Waals surface area contributed by atoms with Crippen LogP contribution in [0.5, 0.6) is 0 Å². The van der Waals surface area contributed by atoms with Crippen LogP contribution in [0.25, 0.3) is 0 Å². The summed E-state index contributed by atoms with van der Waals surface area (Å²) in [7, 11) is 5.55. The molecule has 310 valence electrons. The van der Waals surface area contributed by atoms with Crippen LogP contribution in [0, 0.1) is 46.8 Å². The summed E-state index contributed by atoms with van der Waals surface area (Å²) in [5.74, 6) is 4.89. The molecule has 5 heterocycles. The van der Waals surface area contributed by atoms with Crippen LogP contribution in [-0.4, -0.2) is 82.8 Å². The van der Waals surface area contributed by atoms with Crippen LogP contribution in [0.4, 0.5) is 0 Å². The quantitative estimate of drug-likeness (QED) is 0.103. The topological polar surface area (TPSA) is 109 Å². The first-order valence-corrected chi connectivity index (χ1v) is 24.6. The number of aryl methyl sites for hydroxylation is 1. The van der Waals surface area contributed by atoms with Crippen molar-refractivity contribution in [3.05, 3.63) is 81.7 Å². The number of benzene rings is 1. The molecule has 12 unspecified atom stereocenters. The number of hydrogen-bond acceptors (Lipinski definition) is 10. The smallest absolute Gasteiger partial charge is 0.345 e. The van der Waals surface area contributed by atoms with Gasteiger partial charge in [-0.3, -0.25) is 4.90 Å². The molecule has 1 spiro atoms. The van der Waals surface area contributed by atoms with Crippen molar-refractivity contribution in [1.29, 1.82) is 0 Å². The van der Waals surface area contributed by atoms with E-state index in [1.54, 1.807) is 0 Å². The van der Waals surface area contributed by atoms with Crippen molar-refractivity contribution in [3.63, 3.8) is 0 Å². The van der Waals surface area contributed by atoms with E-state index >= 15 is 0 Å². The van der Waals surface area contributed by atoms with Gasteiger partial charge in [0.05, 0.1) is 32.3 Å². The fourth-order valence-corrected chi connectivity index (χ4v) is 16.0. The highest BCUT2D eigenvalue weighted by Gasteiger charge is 2.64. The molecule has 3 saturated heterocycles. The van der Waals surface area contributed by atoms with E-state index in [9.17, 15) is 20.1 Å². The molecule has 10 heteroatoms. The predicted octanol–water partition coefficient (Wildman–Crippen LogP) is 8.30. The van der Waals surface area contributed by atoms with Crippen LogP contribution in [0.3, 0.4) is 0 Å². The van der Waals surface area contributed by atoms with Crippen molar-refractivity contribution in [2.45, 2.75) is 115 Å². The van der Waals surface area contributed by atoms with Crippen molar-refractivity contribution in [1.82, 2.24) is 4.90 Å². The number of carbonyl (C=O) groups excluding carboxylic acids is 1. The number of hydrogen-bond donors (Lipinski definition) is 3. The van der Waals surface area contributed by atoms with Gasteiger partial charge in [-0.15, -0.1) is 0 Å². The summed E-state index contributed by atoms with van der Waals surface area (Å²) in [6.07, 6.45) is 17.7. The molecular weight excluding hydrogens is 755 g/mol. The number of piperidine rings is 1. The van der Waals surface area contributed by atoms with Gasteiger partial charge in [-0.25, -0.2) is 4.79 Å². The normalized spacial score (nSPS) is 40.4. The summed E-state index contributed by atoms with van der Waals surface area (Å²) in [6.45, 7) is 4.76. The Hall–Kier alpha value is -2.21. The summed E-state index contributed by atoms with van der Waals surface area (Å²) in [4.78, 5) is 15.6. The first-order chi connectivity index (χ1) is 27.8. The molecule has 2 saturated carbocycles. The molecule has 8 nitrogen and oxygen atoms in total. The second kappa shape index (κ2) is 16.7. The lowest BCUT2D eigenvalue weighted by molar-refractivity contribution is -0.134. The maximum absolute atomic E-state index is 13.3. The first-order valence-electron chi connectivity index (χ1n) is 22.1. The number of ether oxygens (including phenoxy) is 3. The molecule has 3 N–H and O–H groups in total. The Morgan fingerprint density at radius 2 is 1.95 bits per heavy atom. The van der Waals surface area contributed by atoms with E-state index in [1.165, 1.54) is 68.1 Å². The number of allylic oxidation sites excluding steroid dienone is 1. The lowest BCUT2D eigenvalue weighted by Crippen LogP contribution is -2.62. The minimum absolute atomic E-state index is 0.00755. The molecule has 3 aliphatic carbocycles. The number of aliphatic hydroxyl groups excluding tert-OH is 3. The third-order valence-electron chi connectivity index (χ3n) is 15.6. The van der Waals surface area contributed by atoms with Gasteiger partial charge in [-0.2, -0.15) is 0 Å². The molecule has 57 heavy (non-hydrogen) atoms. The number of carbonyl (C=O) groups is 1. The number of unbranched alkanes of at least 4 members (excludes halogenated alkanes) is 2. The zero-order valence-electron chi connectivity index (χ0n) is 34.1. The zero-order valence-corrected chi connectivity index (χ0v) is 35.7. The molecule has 5 aliphatic heterocycles. The highest BCUT2D eigenvalue weighted by atomic mass is 33.1. The van der Waals surface area contributed by atoms with E-state index in [1.807, 2.05) is 10.8 Å². The maximum Gasteiger partial charge on any atom is 0.345 e. The van der Waals surface area contributed by atoms with E-state index in [-0.39, 0.29) is 53.0 Å². The van der Waals surface area contributed by atoms with Crippen LogP contribution >= 0.6 is 21.6 Å². The second-order valence-electron chi connectivity index (χ2n) is 18.8.